The van der Waals surface area contributed by atoms with Crippen molar-refractivity contribution < 1.29 is 9.63 Å². The van der Waals surface area contributed by atoms with Crippen LogP contribution < -0.4 is 5.90 Å². The largest absolute Gasteiger partial charge is 0.300 e. The summed E-state index contributed by atoms with van der Waals surface area (Å²) in [5, 5.41) is 0.429. The van der Waals surface area contributed by atoms with Crippen molar-refractivity contribution in [1.82, 2.24) is 0 Å². The second-order valence-corrected chi connectivity index (χ2v) is 4.03. The van der Waals surface area contributed by atoms with Gasteiger partial charge in [-0.15, -0.1) is 0 Å². The third-order valence-electron chi connectivity index (χ3n) is 1.34. The van der Waals surface area contributed by atoms with Crippen LogP contribution in [0.3, 0.4) is 0 Å². The van der Waals surface area contributed by atoms with Gasteiger partial charge in [0.2, 0.25) is 0 Å². The van der Waals surface area contributed by atoms with Crippen molar-refractivity contribution in [3.8, 4) is 0 Å². The van der Waals surface area contributed by atoms with Crippen LogP contribution in [0.4, 0.5) is 0 Å². The maximum atomic E-state index is 10.3. The highest BCUT2D eigenvalue weighted by atomic mass is 32.2. The molecule has 0 aromatic carbocycles. The maximum Gasteiger partial charge on any atom is 0.150 e. The van der Waals surface area contributed by atoms with E-state index in [1.807, 2.05) is 0 Å². The molecule has 0 saturated carbocycles. The van der Waals surface area contributed by atoms with Gasteiger partial charge in [0.25, 0.3) is 0 Å². The highest BCUT2D eigenvalue weighted by Crippen LogP contribution is 2.15. The van der Waals surface area contributed by atoms with E-state index in [0.717, 1.165) is 12.0 Å². The van der Waals surface area contributed by atoms with Crippen LogP contribution in [0, 0.1) is 0 Å². The summed E-state index contributed by atoms with van der Waals surface area (Å²) in [5.74, 6) is 5.94. The Kier molecular flexibility index (Phi) is 6.60. The van der Waals surface area contributed by atoms with Crippen molar-refractivity contribution >= 4 is 18.0 Å². The van der Waals surface area contributed by atoms with Gasteiger partial charge in [-0.3, -0.25) is 4.84 Å². The minimum Gasteiger partial charge on any atom is -0.300 e. The van der Waals surface area contributed by atoms with Gasteiger partial charge in [-0.2, -0.15) is 11.8 Å². The second-order valence-electron chi connectivity index (χ2n) is 2.31. The summed E-state index contributed by atoms with van der Waals surface area (Å²) >= 11 is 1.80. The predicted octanol–water partition coefficient (Wildman–Crippen LogP) is 0.976. The summed E-state index contributed by atoms with van der Waals surface area (Å²) in [7, 11) is 0. The summed E-state index contributed by atoms with van der Waals surface area (Å²) in [5.41, 5.74) is 0. The lowest BCUT2D eigenvalue weighted by molar-refractivity contribution is -0.118. The monoisotopic (exact) mass is 177 g/mol. The van der Waals surface area contributed by atoms with Crippen LogP contribution in [0.25, 0.3) is 0 Å². The zero-order valence-electron chi connectivity index (χ0n) is 6.95. The summed E-state index contributed by atoms with van der Waals surface area (Å²) in [6.45, 7) is 4.14. The Balaban J connectivity index is 3.53. The molecule has 11 heavy (non-hydrogen) atoms. The molecule has 0 aliphatic carbocycles. The molecule has 0 aliphatic heterocycles. The Labute approximate surface area is 71.6 Å². The normalized spacial score (nSPS) is 15.9. The van der Waals surface area contributed by atoms with E-state index in [1.165, 1.54) is 0 Å². The van der Waals surface area contributed by atoms with Crippen LogP contribution in [0.15, 0.2) is 0 Å². The molecular weight excluding hydrogens is 162 g/mol. The molecular formula is C7H15NO2S. The first kappa shape index (κ1) is 10.9. The molecule has 0 rings (SSSR count). The zero-order valence-corrected chi connectivity index (χ0v) is 7.76. The van der Waals surface area contributed by atoms with Crippen LogP contribution in [0.2, 0.25) is 0 Å². The zero-order chi connectivity index (χ0) is 8.69. The molecule has 0 aromatic heterocycles. The van der Waals surface area contributed by atoms with E-state index in [1.54, 1.807) is 11.8 Å². The molecule has 66 valence electrons. The first-order valence-electron chi connectivity index (χ1n) is 3.67. The molecule has 2 atom stereocenters. The minimum atomic E-state index is -0.441. The van der Waals surface area contributed by atoms with Crippen LogP contribution in [0.1, 0.15) is 20.3 Å². The van der Waals surface area contributed by atoms with E-state index in [0.29, 0.717) is 11.7 Å². The van der Waals surface area contributed by atoms with E-state index < -0.39 is 6.10 Å². The molecule has 0 saturated heterocycles. The molecule has 0 aliphatic rings. The molecule has 4 heteroatoms. The first-order valence-corrected chi connectivity index (χ1v) is 4.71. The molecule has 0 bridgehead atoms. The van der Waals surface area contributed by atoms with Crippen molar-refractivity contribution in [2.75, 3.05) is 5.75 Å². The van der Waals surface area contributed by atoms with Gasteiger partial charge >= 0.3 is 0 Å². The molecule has 0 aromatic rings. The number of carbonyl (C=O) groups is 1. The number of rotatable bonds is 6. The summed E-state index contributed by atoms with van der Waals surface area (Å²) in [4.78, 5) is 14.7. The number of hydrogen-bond acceptors (Lipinski definition) is 4. The van der Waals surface area contributed by atoms with E-state index in [-0.39, 0.29) is 0 Å². The summed E-state index contributed by atoms with van der Waals surface area (Å²) < 4.78 is 0. The smallest absolute Gasteiger partial charge is 0.150 e. The highest BCUT2D eigenvalue weighted by molar-refractivity contribution is 7.99. The maximum absolute atomic E-state index is 10.3. The average molecular weight is 177 g/mol. The SMILES string of the molecule is CCSC(C)CC(C=O)ON. The number of thioether (sulfide) groups is 1. The van der Waals surface area contributed by atoms with Gasteiger partial charge in [0.05, 0.1) is 0 Å². The van der Waals surface area contributed by atoms with Gasteiger partial charge in [0.1, 0.15) is 6.10 Å². The minimum absolute atomic E-state index is 0.429. The Bertz CT molecular complexity index is 111. The third kappa shape index (κ3) is 5.24. The molecule has 2 N–H and O–H groups in total. The average Bonchev–Trinajstić information content (AvgIpc) is 2.01. The fourth-order valence-electron chi connectivity index (χ4n) is 0.823. The predicted molar refractivity (Wildman–Crippen MR) is 47.3 cm³/mol. The van der Waals surface area contributed by atoms with E-state index in [4.69, 9.17) is 5.90 Å². The standard InChI is InChI=1S/C7H15NO2S/c1-3-11-6(2)4-7(5-9)10-8/h5-7H,3-4,8H2,1-2H3. The number of carbonyl (C=O) groups excluding carboxylic acids is 1. The first-order chi connectivity index (χ1) is 5.24. The number of hydrogen-bond donors (Lipinski definition) is 1. The van der Waals surface area contributed by atoms with Crippen LogP contribution in [0.5, 0.6) is 0 Å². The quantitative estimate of drug-likeness (QED) is 0.485. The van der Waals surface area contributed by atoms with Crippen molar-refractivity contribution in [2.45, 2.75) is 31.6 Å². The number of nitrogens with two attached hydrogens (primary N) is 1. The summed E-state index contributed by atoms with van der Waals surface area (Å²) in [6.07, 6.45) is 0.995. The molecule has 0 heterocycles. The second kappa shape index (κ2) is 6.64. The Morgan fingerprint density at radius 2 is 2.36 bits per heavy atom. The van der Waals surface area contributed by atoms with Gasteiger partial charge in [-0.05, 0) is 12.2 Å². The highest BCUT2D eigenvalue weighted by Gasteiger charge is 2.11. The van der Waals surface area contributed by atoms with Gasteiger partial charge < -0.3 is 4.79 Å². The Hall–Kier alpha value is -0.0600. The lowest BCUT2D eigenvalue weighted by Gasteiger charge is -2.12. The van der Waals surface area contributed by atoms with Crippen LogP contribution in [-0.2, 0) is 9.63 Å². The Morgan fingerprint density at radius 1 is 1.73 bits per heavy atom. The van der Waals surface area contributed by atoms with E-state index >= 15 is 0 Å². The summed E-state index contributed by atoms with van der Waals surface area (Å²) in [6, 6.07) is 0. The fourth-order valence-corrected chi connectivity index (χ4v) is 1.72. The van der Waals surface area contributed by atoms with Gasteiger partial charge in [-0.1, -0.05) is 13.8 Å². The molecule has 2 unspecified atom stereocenters. The van der Waals surface area contributed by atoms with Crippen molar-refractivity contribution in [2.24, 2.45) is 5.90 Å². The molecule has 0 radical (unpaired) electrons. The van der Waals surface area contributed by atoms with Gasteiger partial charge in [0.15, 0.2) is 6.29 Å². The van der Waals surface area contributed by atoms with Crippen molar-refractivity contribution in [1.29, 1.82) is 0 Å². The van der Waals surface area contributed by atoms with Crippen molar-refractivity contribution in [3.63, 3.8) is 0 Å². The third-order valence-corrected chi connectivity index (χ3v) is 2.44. The van der Waals surface area contributed by atoms with Gasteiger partial charge in [0, 0.05) is 5.25 Å². The topological polar surface area (TPSA) is 52.3 Å². The molecule has 3 nitrogen and oxygen atoms in total. The Morgan fingerprint density at radius 3 is 2.73 bits per heavy atom. The lowest BCUT2D eigenvalue weighted by atomic mass is 10.2. The molecule has 0 fully saturated rings. The molecule has 0 spiro atoms. The van der Waals surface area contributed by atoms with E-state index in [9.17, 15) is 4.79 Å². The van der Waals surface area contributed by atoms with Crippen molar-refractivity contribution in [3.05, 3.63) is 0 Å². The lowest BCUT2D eigenvalue weighted by Crippen LogP contribution is -2.22. The molecule has 0 amide bonds. The fraction of sp³-hybridized carbons (Fsp3) is 0.857. The number of aldehydes is 1. The van der Waals surface area contributed by atoms with E-state index in [2.05, 4.69) is 18.7 Å². The van der Waals surface area contributed by atoms with Crippen LogP contribution >= 0.6 is 11.8 Å². The van der Waals surface area contributed by atoms with Crippen LogP contribution in [-0.4, -0.2) is 23.4 Å². The van der Waals surface area contributed by atoms with Gasteiger partial charge in [-0.25, -0.2) is 5.90 Å².